The maximum atomic E-state index is 12.2. The molecule has 0 aromatic carbocycles. The van der Waals surface area contributed by atoms with Gasteiger partial charge < -0.3 is 10.2 Å². The fourth-order valence-electron chi connectivity index (χ4n) is 3.04. The molecule has 1 unspecified atom stereocenters. The molecule has 2 rings (SSSR count). The summed E-state index contributed by atoms with van der Waals surface area (Å²) >= 11 is 1.79. The highest BCUT2D eigenvalue weighted by Gasteiger charge is 2.26. The third-order valence-corrected chi connectivity index (χ3v) is 5.60. The van der Waals surface area contributed by atoms with Gasteiger partial charge in [0.1, 0.15) is 0 Å². The lowest BCUT2D eigenvalue weighted by atomic mass is 9.97. The molecule has 0 spiro atoms. The van der Waals surface area contributed by atoms with E-state index < -0.39 is 0 Å². The van der Waals surface area contributed by atoms with Crippen molar-refractivity contribution in [2.45, 2.75) is 39.7 Å². The van der Waals surface area contributed by atoms with Crippen molar-refractivity contribution in [1.82, 2.24) is 15.1 Å². The topological polar surface area (TPSA) is 35.6 Å². The van der Waals surface area contributed by atoms with Crippen LogP contribution in [0.2, 0.25) is 0 Å². The molecule has 2 heterocycles. The number of amides is 2. The van der Waals surface area contributed by atoms with Gasteiger partial charge in [-0.15, -0.1) is 11.3 Å². The van der Waals surface area contributed by atoms with Gasteiger partial charge in [-0.2, -0.15) is 0 Å². The normalized spacial score (nSPS) is 18.1. The second-order valence-corrected chi connectivity index (χ2v) is 7.09. The van der Waals surface area contributed by atoms with Crippen LogP contribution >= 0.6 is 11.3 Å². The first-order chi connectivity index (χ1) is 10.7. The Balaban J connectivity index is 1.98. The Morgan fingerprint density at radius 2 is 2.09 bits per heavy atom. The third-order valence-electron chi connectivity index (χ3n) is 4.63. The maximum Gasteiger partial charge on any atom is 0.317 e. The smallest absolute Gasteiger partial charge is 0.317 e. The highest BCUT2D eigenvalue weighted by Crippen LogP contribution is 2.29. The van der Waals surface area contributed by atoms with E-state index in [1.807, 2.05) is 18.7 Å². The Kier molecular flexibility index (Phi) is 6.70. The molecule has 0 radical (unpaired) electrons. The number of hydrogen-bond acceptors (Lipinski definition) is 3. The summed E-state index contributed by atoms with van der Waals surface area (Å²) < 4.78 is 0. The summed E-state index contributed by atoms with van der Waals surface area (Å²) in [7, 11) is 0. The molecule has 1 atom stereocenters. The van der Waals surface area contributed by atoms with E-state index in [2.05, 4.69) is 34.7 Å². The molecule has 1 aromatic heterocycles. The van der Waals surface area contributed by atoms with Crippen molar-refractivity contribution in [2.24, 2.45) is 5.92 Å². The Bertz CT molecular complexity index is 437. The summed E-state index contributed by atoms with van der Waals surface area (Å²) in [6, 6.07) is 4.66. The van der Waals surface area contributed by atoms with E-state index in [0.29, 0.717) is 12.6 Å². The van der Waals surface area contributed by atoms with Crippen LogP contribution < -0.4 is 5.32 Å². The molecule has 124 valence electrons. The molecule has 1 saturated heterocycles. The summed E-state index contributed by atoms with van der Waals surface area (Å²) in [4.78, 5) is 17.9. The summed E-state index contributed by atoms with van der Waals surface area (Å²) in [6.45, 7) is 10.8. The molecule has 4 nitrogen and oxygen atoms in total. The Hall–Kier alpha value is -1.07. The number of urea groups is 1. The molecule has 1 aromatic rings. The molecular formula is C17H29N3OS. The Morgan fingerprint density at radius 3 is 2.64 bits per heavy atom. The van der Waals surface area contributed by atoms with Gasteiger partial charge in [-0.05, 0) is 57.1 Å². The van der Waals surface area contributed by atoms with E-state index in [1.165, 1.54) is 17.7 Å². The number of piperidine rings is 1. The van der Waals surface area contributed by atoms with Crippen LogP contribution in [0.5, 0.6) is 0 Å². The molecule has 2 amide bonds. The van der Waals surface area contributed by atoms with Crippen molar-refractivity contribution < 1.29 is 4.79 Å². The van der Waals surface area contributed by atoms with Gasteiger partial charge in [0.2, 0.25) is 0 Å². The number of likely N-dealkylation sites (tertiary alicyclic amines) is 1. The van der Waals surface area contributed by atoms with Gasteiger partial charge in [-0.25, -0.2) is 4.79 Å². The van der Waals surface area contributed by atoms with Crippen LogP contribution in [0.1, 0.15) is 44.5 Å². The summed E-state index contributed by atoms with van der Waals surface area (Å²) in [5.41, 5.74) is 0. The fraction of sp³-hybridized carbons (Fsp3) is 0.706. The highest BCUT2D eigenvalue weighted by atomic mass is 32.1. The second kappa shape index (κ2) is 8.53. The minimum Gasteiger partial charge on any atom is -0.336 e. The number of nitrogens with zero attached hydrogens (tertiary/aromatic N) is 2. The van der Waals surface area contributed by atoms with Crippen LogP contribution in [0, 0.1) is 5.92 Å². The zero-order valence-corrected chi connectivity index (χ0v) is 14.9. The number of nitrogens with one attached hydrogen (secondary N) is 1. The molecular weight excluding hydrogens is 294 g/mol. The first-order valence-corrected chi connectivity index (χ1v) is 9.33. The lowest BCUT2D eigenvalue weighted by molar-refractivity contribution is 0.135. The van der Waals surface area contributed by atoms with E-state index in [0.717, 1.165) is 32.1 Å². The van der Waals surface area contributed by atoms with Gasteiger partial charge in [-0.3, -0.25) is 4.90 Å². The summed E-state index contributed by atoms with van der Waals surface area (Å²) in [6.07, 6.45) is 2.51. The molecule has 0 bridgehead atoms. The van der Waals surface area contributed by atoms with Crippen molar-refractivity contribution >= 4 is 17.4 Å². The largest absolute Gasteiger partial charge is 0.336 e. The van der Waals surface area contributed by atoms with Gasteiger partial charge in [-0.1, -0.05) is 13.0 Å². The van der Waals surface area contributed by atoms with E-state index in [4.69, 9.17) is 0 Å². The van der Waals surface area contributed by atoms with Crippen molar-refractivity contribution in [3.05, 3.63) is 22.4 Å². The van der Waals surface area contributed by atoms with Crippen LogP contribution in [-0.2, 0) is 0 Å². The monoisotopic (exact) mass is 323 g/mol. The first-order valence-electron chi connectivity index (χ1n) is 8.45. The van der Waals surface area contributed by atoms with Gasteiger partial charge in [0.05, 0.1) is 6.04 Å². The van der Waals surface area contributed by atoms with Gasteiger partial charge in [0, 0.05) is 24.5 Å². The molecule has 1 aliphatic heterocycles. The molecule has 0 aliphatic carbocycles. The van der Waals surface area contributed by atoms with E-state index in [-0.39, 0.29) is 6.03 Å². The minimum absolute atomic E-state index is 0.0527. The van der Waals surface area contributed by atoms with Crippen LogP contribution in [0.15, 0.2) is 17.5 Å². The zero-order valence-electron chi connectivity index (χ0n) is 14.0. The SMILES string of the molecule is CCN(CC)C(=O)NCC(c1cccs1)N1CCC(C)CC1. The predicted molar refractivity (Wildman–Crippen MR) is 93.4 cm³/mol. The zero-order chi connectivity index (χ0) is 15.9. The number of carbonyl (C=O) groups is 1. The molecule has 1 aliphatic rings. The van der Waals surface area contributed by atoms with Gasteiger partial charge >= 0.3 is 6.03 Å². The first kappa shape index (κ1) is 17.3. The van der Waals surface area contributed by atoms with Crippen LogP contribution in [0.4, 0.5) is 4.79 Å². The van der Waals surface area contributed by atoms with E-state index in [1.54, 1.807) is 11.3 Å². The van der Waals surface area contributed by atoms with Gasteiger partial charge in [0.25, 0.3) is 0 Å². The fourth-order valence-corrected chi connectivity index (χ4v) is 3.90. The maximum absolute atomic E-state index is 12.2. The van der Waals surface area contributed by atoms with Crippen molar-refractivity contribution in [3.63, 3.8) is 0 Å². The average Bonchev–Trinajstić information content (AvgIpc) is 3.04. The predicted octanol–water partition coefficient (Wildman–Crippen LogP) is 3.57. The average molecular weight is 324 g/mol. The van der Waals surface area contributed by atoms with E-state index in [9.17, 15) is 4.79 Å². The molecule has 0 saturated carbocycles. The second-order valence-electron chi connectivity index (χ2n) is 6.11. The van der Waals surface area contributed by atoms with Crippen molar-refractivity contribution in [2.75, 3.05) is 32.7 Å². The van der Waals surface area contributed by atoms with Crippen LogP contribution in [0.3, 0.4) is 0 Å². The Morgan fingerprint density at radius 1 is 1.41 bits per heavy atom. The number of rotatable bonds is 6. The molecule has 22 heavy (non-hydrogen) atoms. The summed E-state index contributed by atoms with van der Waals surface area (Å²) in [5.74, 6) is 0.825. The van der Waals surface area contributed by atoms with Crippen molar-refractivity contribution in [1.29, 1.82) is 0 Å². The molecule has 5 heteroatoms. The quantitative estimate of drug-likeness (QED) is 0.868. The van der Waals surface area contributed by atoms with Gasteiger partial charge in [0.15, 0.2) is 0 Å². The molecule has 1 fully saturated rings. The number of thiophene rings is 1. The van der Waals surface area contributed by atoms with Crippen molar-refractivity contribution in [3.8, 4) is 0 Å². The van der Waals surface area contributed by atoms with E-state index >= 15 is 0 Å². The lowest BCUT2D eigenvalue weighted by Crippen LogP contribution is -2.45. The third kappa shape index (κ3) is 4.46. The van der Waals surface area contributed by atoms with Crippen LogP contribution in [-0.4, -0.2) is 48.6 Å². The molecule has 1 N–H and O–H groups in total. The highest BCUT2D eigenvalue weighted by molar-refractivity contribution is 7.10. The van der Waals surface area contributed by atoms with Crippen LogP contribution in [0.25, 0.3) is 0 Å². The number of hydrogen-bond donors (Lipinski definition) is 1. The summed E-state index contributed by atoms with van der Waals surface area (Å²) in [5, 5.41) is 5.26. The standard InChI is InChI=1S/C17H29N3OS/c1-4-19(5-2)17(21)18-13-15(16-7-6-12-22-16)20-10-8-14(3)9-11-20/h6-7,12,14-15H,4-5,8-11,13H2,1-3H3,(H,18,21). The lowest BCUT2D eigenvalue weighted by Gasteiger charge is -2.36. The minimum atomic E-state index is 0.0527. The Labute approximate surface area is 138 Å². The number of carbonyl (C=O) groups excluding carboxylic acids is 1.